The maximum Gasteiger partial charge on any atom is 0.0240 e. The Labute approximate surface area is 117 Å². The van der Waals surface area contributed by atoms with E-state index in [1.807, 2.05) is 0 Å². The predicted octanol–water partition coefficient (Wildman–Crippen LogP) is 2.92. The molecule has 1 atom stereocenters. The summed E-state index contributed by atoms with van der Waals surface area (Å²) in [6.07, 6.45) is 3.97. The minimum absolute atomic E-state index is 0.694. The normalized spacial score (nSPS) is 25.5. The average molecular weight is 258 g/mol. The second kappa shape index (κ2) is 5.64. The van der Waals surface area contributed by atoms with Gasteiger partial charge in [0.05, 0.1) is 0 Å². The van der Waals surface area contributed by atoms with Crippen molar-refractivity contribution >= 4 is 0 Å². The molecule has 1 saturated heterocycles. The molecule has 0 bridgehead atoms. The van der Waals surface area contributed by atoms with E-state index in [0.29, 0.717) is 6.04 Å². The molecule has 0 spiro atoms. The largest absolute Gasteiger partial charge is 0.299 e. The highest BCUT2D eigenvalue weighted by molar-refractivity contribution is 5.29. The van der Waals surface area contributed by atoms with Crippen LogP contribution in [0, 0.1) is 0 Å². The lowest BCUT2D eigenvalue weighted by molar-refractivity contribution is 0.0717. The first-order chi connectivity index (χ1) is 9.24. The summed E-state index contributed by atoms with van der Waals surface area (Å²) < 4.78 is 0. The first-order valence-corrected chi connectivity index (χ1v) is 7.79. The summed E-state index contributed by atoms with van der Waals surface area (Å²) in [7, 11) is 0. The van der Waals surface area contributed by atoms with Gasteiger partial charge < -0.3 is 0 Å². The molecule has 2 heterocycles. The van der Waals surface area contributed by atoms with Crippen LogP contribution in [0.2, 0.25) is 0 Å². The summed E-state index contributed by atoms with van der Waals surface area (Å²) in [4.78, 5) is 5.37. The Morgan fingerprint density at radius 3 is 2.68 bits per heavy atom. The third-order valence-electron chi connectivity index (χ3n) is 4.83. The van der Waals surface area contributed by atoms with Crippen LogP contribution in [0.1, 0.15) is 37.8 Å². The van der Waals surface area contributed by atoms with Gasteiger partial charge >= 0.3 is 0 Å². The van der Waals surface area contributed by atoms with E-state index in [2.05, 4.69) is 47.9 Å². The van der Waals surface area contributed by atoms with E-state index >= 15 is 0 Å². The Kier molecular flexibility index (Phi) is 3.90. The smallest absolute Gasteiger partial charge is 0.0240 e. The predicted molar refractivity (Wildman–Crippen MR) is 80.3 cm³/mol. The van der Waals surface area contributed by atoms with Crippen molar-refractivity contribution in [3.63, 3.8) is 0 Å². The van der Waals surface area contributed by atoms with Gasteiger partial charge in [-0.15, -0.1) is 0 Å². The van der Waals surface area contributed by atoms with Gasteiger partial charge in [0.15, 0.2) is 0 Å². The van der Waals surface area contributed by atoms with Gasteiger partial charge in [-0.05, 0) is 50.8 Å². The molecule has 104 valence electrons. The maximum atomic E-state index is 2.72. The Morgan fingerprint density at radius 2 is 1.89 bits per heavy atom. The van der Waals surface area contributed by atoms with E-state index in [1.54, 1.807) is 11.1 Å². The zero-order valence-electron chi connectivity index (χ0n) is 12.3. The van der Waals surface area contributed by atoms with Gasteiger partial charge in [0.25, 0.3) is 0 Å². The van der Waals surface area contributed by atoms with Crippen LogP contribution in [-0.4, -0.2) is 41.5 Å². The second-order valence-electron chi connectivity index (χ2n) is 6.37. The second-order valence-corrected chi connectivity index (χ2v) is 6.37. The molecule has 1 aromatic rings. The zero-order valence-corrected chi connectivity index (χ0v) is 12.3. The molecule has 2 nitrogen and oxygen atoms in total. The number of rotatable bonds is 2. The monoisotopic (exact) mass is 258 g/mol. The third kappa shape index (κ3) is 2.85. The fourth-order valence-corrected chi connectivity index (χ4v) is 3.58. The van der Waals surface area contributed by atoms with E-state index in [4.69, 9.17) is 0 Å². The molecular weight excluding hydrogens is 232 g/mol. The Hall–Kier alpha value is -0.860. The molecule has 1 unspecified atom stereocenters. The SMILES string of the molecule is CC(C)N1CCCC(N2CCc3ccccc3C2)C1. The lowest BCUT2D eigenvalue weighted by atomic mass is 9.95. The highest BCUT2D eigenvalue weighted by Crippen LogP contribution is 2.24. The molecule has 3 rings (SSSR count). The van der Waals surface area contributed by atoms with E-state index < -0.39 is 0 Å². The molecular formula is C17H26N2. The van der Waals surface area contributed by atoms with Crippen molar-refractivity contribution in [3.05, 3.63) is 35.4 Å². The quantitative estimate of drug-likeness (QED) is 0.805. The van der Waals surface area contributed by atoms with E-state index in [1.165, 1.54) is 38.9 Å². The molecule has 0 radical (unpaired) electrons. The van der Waals surface area contributed by atoms with Crippen LogP contribution in [0.25, 0.3) is 0 Å². The fraction of sp³-hybridized carbons (Fsp3) is 0.647. The zero-order chi connectivity index (χ0) is 13.2. The third-order valence-corrected chi connectivity index (χ3v) is 4.83. The summed E-state index contributed by atoms with van der Waals surface area (Å²) in [6.45, 7) is 9.61. The van der Waals surface area contributed by atoms with Gasteiger partial charge in [-0.1, -0.05) is 24.3 Å². The van der Waals surface area contributed by atoms with Crippen LogP contribution < -0.4 is 0 Å². The summed E-state index contributed by atoms with van der Waals surface area (Å²) in [5.74, 6) is 0. The van der Waals surface area contributed by atoms with Gasteiger partial charge in [-0.2, -0.15) is 0 Å². The van der Waals surface area contributed by atoms with Gasteiger partial charge in [-0.25, -0.2) is 0 Å². The summed E-state index contributed by atoms with van der Waals surface area (Å²) in [5.41, 5.74) is 3.12. The number of nitrogens with zero attached hydrogens (tertiary/aromatic N) is 2. The molecule has 1 fully saturated rings. The van der Waals surface area contributed by atoms with Crippen LogP contribution in [0.4, 0.5) is 0 Å². The number of fused-ring (bicyclic) bond motifs is 1. The molecule has 0 aliphatic carbocycles. The topological polar surface area (TPSA) is 6.48 Å². The fourth-order valence-electron chi connectivity index (χ4n) is 3.58. The van der Waals surface area contributed by atoms with Gasteiger partial charge in [0, 0.05) is 31.7 Å². The van der Waals surface area contributed by atoms with E-state index in [0.717, 1.165) is 12.6 Å². The highest BCUT2D eigenvalue weighted by Gasteiger charge is 2.28. The molecule has 2 aliphatic heterocycles. The van der Waals surface area contributed by atoms with Crippen molar-refractivity contribution in [2.24, 2.45) is 0 Å². The molecule has 0 saturated carbocycles. The van der Waals surface area contributed by atoms with Gasteiger partial charge in [0.1, 0.15) is 0 Å². The number of hydrogen-bond acceptors (Lipinski definition) is 2. The van der Waals surface area contributed by atoms with Gasteiger partial charge in [-0.3, -0.25) is 9.80 Å². The maximum absolute atomic E-state index is 2.72. The first kappa shape index (κ1) is 13.1. The average Bonchev–Trinajstić information content (AvgIpc) is 2.47. The summed E-state index contributed by atoms with van der Waals surface area (Å²) >= 11 is 0. The lowest BCUT2D eigenvalue weighted by Crippen LogP contribution is -2.51. The van der Waals surface area contributed by atoms with Crippen molar-refractivity contribution in [1.82, 2.24) is 9.80 Å². The molecule has 2 aliphatic rings. The van der Waals surface area contributed by atoms with Crippen molar-refractivity contribution in [1.29, 1.82) is 0 Å². The van der Waals surface area contributed by atoms with Crippen LogP contribution in [-0.2, 0) is 13.0 Å². The van der Waals surface area contributed by atoms with Crippen LogP contribution in [0.5, 0.6) is 0 Å². The van der Waals surface area contributed by atoms with Crippen LogP contribution >= 0.6 is 0 Å². The van der Waals surface area contributed by atoms with Crippen molar-refractivity contribution in [3.8, 4) is 0 Å². The molecule has 0 amide bonds. The number of benzene rings is 1. The van der Waals surface area contributed by atoms with E-state index in [9.17, 15) is 0 Å². The van der Waals surface area contributed by atoms with Crippen molar-refractivity contribution in [2.75, 3.05) is 19.6 Å². The van der Waals surface area contributed by atoms with Crippen LogP contribution in [0.15, 0.2) is 24.3 Å². The Balaban J connectivity index is 1.67. The minimum atomic E-state index is 0.694. The molecule has 1 aromatic carbocycles. The molecule has 19 heavy (non-hydrogen) atoms. The number of hydrogen-bond donors (Lipinski definition) is 0. The van der Waals surface area contributed by atoms with Crippen molar-refractivity contribution in [2.45, 2.75) is 51.7 Å². The molecule has 2 heteroatoms. The summed E-state index contributed by atoms with van der Waals surface area (Å²) in [6, 6.07) is 10.4. The first-order valence-electron chi connectivity index (χ1n) is 7.79. The summed E-state index contributed by atoms with van der Waals surface area (Å²) in [5, 5.41) is 0. The lowest BCUT2D eigenvalue weighted by Gasteiger charge is -2.42. The number of likely N-dealkylation sites (tertiary alicyclic amines) is 1. The van der Waals surface area contributed by atoms with Crippen molar-refractivity contribution < 1.29 is 0 Å². The number of piperidine rings is 1. The highest BCUT2D eigenvalue weighted by atomic mass is 15.2. The Morgan fingerprint density at radius 1 is 1.11 bits per heavy atom. The minimum Gasteiger partial charge on any atom is -0.299 e. The molecule has 0 aromatic heterocycles. The van der Waals surface area contributed by atoms with Crippen LogP contribution in [0.3, 0.4) is 0 Å². The van der Waals surface area contributed by atoms with E-state index in [-0.39, 0.29) is 0 Å². The standard InChI is InChI=1S/C17H26N2/c1-14(2)18-10-5-8-17(13-18)19-11-9-15-6-3-4-7-16(15)12-19/h3-4,6-7,14,17H,5,8-13H2,1-2H3. The molecule has 0 N–H and O–H groups in total. The van der Waals surface area contributed by atoms with Gasteiger partial charge in [0.2, 0.25) is 0 Å². The Bertz CT molecular complexity index is 427.